The summed E-state index contributed by atoms with van der Waals surface area (Å²) in [4.78, 5) is 12.2. The molecule has 0 spiro atoms. The third-order valence-corrected chi connectivity index (χ3v) is 3.59. The average Bonchev–Trinajstić information content (AvgIpc) is 2.54. The number of benzene rings is 2. The fourth-order valence-corrected chi connectivity index (χ4v) is 2.57. The number of nitriles is 1. The molecule has 2 aromatic rings. The summed E-state index contributed by atoms with van der Waals surface area (Å²) in [6.45, 7) is 0. The molecule has 24 heavy (non-hydrogen) atoms. The molecule has 0 radical (unpaired) electrons. The van der Waals surface area contributed by atoms with Gasteiger partial charge in [0.25, 0.3) is 5.91 Å². The number of carbonyl (C=O) groups is 1. The van der Waals surface area contributed by atoms with Crippen LogP contribution in [0.5, 0.6) is 11.5 Å². The van der Waals surface area contributed by atoms with E-state index in [1.165, 1.54) is 49.6 Å². The van der Waals surface area contributed by atoms with E-state index in [1.807, 2.05) is 6.07 Å². The second kappa shape index (κ2) is 7.73. The maximum Gasteiger partial charge on any atom is 0.266 e. The van der Waals surface area contributed by atoms with Crippen molar-refractivity contribution in [2.24, 2.45) is 0 Å². The molecule has 0 bridgehead atoms. The Morgan fingerprint density at radius 3 is 2.33 bits per heavy atom. The van der Waals surface area contributed by atoms with Gasteiger partial charge >= 0.3 is 0 Å². The predicted octanol–water partition coefficient (Wildman–Crippen LogP) is 4.25. The highest BCUT2D eigenvalue weighted by Gasteiger charge is 2.12. The Morgan fingerprint density at radius 2 is 1.83 bits per heavy atom. The minimum Gasteiger partial charge on any atom is -0.508 e. The van der Waals surface area contributed by atoms with Crippen LogP contribution in [0.1, 0.15) is 5.56 Å². The highest BCUT2D eigenvalue weighted by molar-refractivity contribution is 6.37. The average molecular weight is 363 g/mol. The molecule has 7 heteroatoms. The number of halogens is 2. The van der Waals surface area contributed by atoms with Crippen LogP contribution in [0.3, 0.4) is 0 Å². The van der Waals surface area contributed by atoms with E-state index < -0.39 is 5.91 Å². The number of aromatic hydroxyl groups is 1. The summed E-state index contributed by atoms with van der Waals surface area (Å²) >= 11 is 12.1. The Balaban J connectivity index is 2.27. The summed E-state index contributed by atoms with van der Waals surface area (Å²) < 4.78 is 5.05. The van der Waals surface area contributed by atoms with Crippen molar-refractivity contribution in [3.63, 3.8) is 0 Å². The maximum atomic E-state index is 12.2. The van der Waals surface area contributed by atoms with Gasteiger partial charge in [0.1, 0.15) is 17.4 Å². The van der Waals surface area contributed by atoms with Crippen LogP contribution in [-0.4, -0.2) is 18.1 Å². The lowest BCUT2D eigenvalue weighted by Crippen LogP contribution is -2.13. The van der Waals surface area contributed by atoms with Gasteiger partial charge in [-0.15, -0.1) is 0 Å². The van der Waals surface area contributed by atoms with E-state index in [2.05, 4.69) is 5.32 Å². The van der Waals surface area contributed by atoms with E-state index in [4.69, 9.17) is 27.9 Å². The standard InChI is InChI=1S/C17H12Cl2N2O3/c1-24-16-14(18)7-10(8-15(16)19)6-11(9-20)17(23)21-12-2-4-13(22)5-3-12/h2-8,22H,1H3,(H,21,23)/b11-6+. The van der Waals surface area contributed by atoms with Crippen molar-refractivity contribution < 1.29 is 14.6 Å². The lowest BCUT2D eigenvalue weighted by Gasteiger charge is -2.07. The number of carbonyl (C=O) groups excluding carboxylic acids is 1. The number of methoxy groups -OCH3 is 1. The summed E-state index contributed by atoms with van der Waals surface area (Å²) in [6, 6.07) is 10.8. The van der Waals surface area contributed by atoms with E-state index in [-0.39, 0.29) is 21.4 Å². The van der Waals surface area contributed by atoms with Crippen LogP contribution in [0.15, 0.2) is 42.0 Å². The van der Waals surface area contributed by atoms with Crippen LogP contribution < -0.4 is 10.1 Å². The first-order valence-corrected chi connectivity index (χ1v) is 7.45. The first-order chi connectivity index (χ1) is 11.4. The molecule has 0 unspecified atom stereocenters. The number of hydrogen-bond donors (Lipinski definition) is 2. The van der Waals surface area contributed by atoms with Crippen molar-refractivity contribution in [1.29, 1.82) is 5.26 Å². The molecule has 2 aromatic carbocycles. The Labute approximate surface area is 148 Å². The molecule has 1 amide bonds. The third kappa shape index (κ3) is 4.19. The number of hydrogen-bond acceptors (Lipinski definition) is 4. The number of nitrogens with one attached hydrogen (secondary N) is 1. The van der Waals surface area contributed by atoms with Gasteiger partial charge in [0, 0.05) is 5.69 Å². The van der Waals surface area contributed by atoms with Gasteiger partial charge in [0.2, 0.25) is 0 Å². The van der Waals surface area contributed by atoms with Crippen molar-refractivity contribution in [2.45, 2.75) is 0 Å². The topological polar surface area (TPSA) is 82.3 Å². The van der Waals surface area contributed by atoms with Gasteiger partial charge in [-0.1, -0.05) is 23.2 Å². The minimum atomic E-state index is -0.591. The molecule has 0 saturated carbocycles. The van der Waals surface area contributed by atoms with Crippen molar-refractivity contribution in [3.05, 3.63) is 57.6 Å². The van der Waals surface area contributed by atoms with Gasteiger partial charge < -0.3 is 15.2 Å². The molecule has 0 atom stereocenters. The highest BCUT2D eigenvalue weighted by Crippen LogP contribution is 2.34. The van der Waals surface area contributed by atoms with Gasteiger partial charge in [-0.25, -0.2) is 0 Å². The maximum absolute atomic E-state index is 12.2. The highest BCUT2D eigenvalue weighted by atomic mass is 35.5. The van der Waals surface area contributed by atoms with E-state index in [0.29, 0.717) is 17.0 Å². The number of phenolic OH excluding ortho intramolecular Hbond substituents is 1. The number of anilines is 1. The molecule has 5 nitrogen and oxygen atoms in total. The summed E-state index contributed by atoms with van der Waals surface area (Å²) in [5.41, 5.74) is 0.813. The third-order valence-electron chi connectivity index (χ3n) is 3.03. The van der Waals surface area contributed by atoms with Crippen molar-refractivity contribution in [2.75, 3.05) is 12.4 Å². The summed E-state index contributed by atoms with van der Waals surface area (Å²) in [5.74, 6) is -0.194. The zero-order valence-electron chi connectivity index (χ0n) is 12.5. The molecule has 0 aliphatic carbocycles. The SMILES string of the molecule is COc1c(Cl)cc(/C=C(\C#N)C(=O)Nc2ccc(O)cc2)cc1Cl. The van der Waals surface area contributed by atoms with Crippen LogP contribution in [0.25, 0.3) is 6.08 Å². The second-order valence-corrected chi connectivity index (χ2v) is 5.50. The lowest BCUT2D eigenvalue weighted by molar-refractivity contribution is -0.112. The molecule has 0 saturated heterocycles. The zero-order valence-corrected chi connectivity index (χ0v) is 14.0. The van der Waals surface area contributed by atoms with Gasteiger partial charge in [-0.3, -0.25) is 4.79 Å². The molecule has 2 rings (SSSR count). The van der Waals surface area contributed by atoms with Gasteiger partial charge in [-0.05, 0) is 48.0 Å². The smallest absolute Gasteiger partial charge is 0.266 e. The molecule has 0 aliphatic rings. The molecule has 0 aromatic heterocycles. The molecule has 0 fully saturated rings. The monoisotopic (exact) mass is 362 g/mol. The summed E-state index contributed by atoms with van der Waals surface area (Å²) in [5, 5.41) is 21.5. The van der Waals surface area contributed by atoms with Crippen LogP contribution in [-0.2, 0) is 4.79 Å². The number of phenols is 1. The molecule has 122 valence electrons. The Bertz CT molecular complexity index is 817. The van der Waals surface area contributed by atoms with Crippen LogP contribution >= 0.6 is 23.2 Å². The molecule has 2 N–H and O–H groups in total. The number of amides is 1. The summed E-state index contributed by atoms with van der Waals surface area (Å²) in [7, 11) is 1.44. The second-order valence-electron chi connectivity index (χ2n) is 4.69. The first-order valence-electron chi connectivity index (χ1n) is 6.70. The van der Waals surface area contributed by atoms with E-state index >= 15 is 0 Å². The first kappa shape index (κ1) is 17.7. The number of rotatable bonds is 4. The largest absolute Gasteiger partial charge is 0.508 e. The number of ether oxygens (including phenoxy) is 1. The van der Waals surface area contributed by atoms with E-state index in [1.54, 1.807) is 0 Å². The van der Waals surface area contributed by atoms with Gasteiger partial charge in [-0.2, -0.15) is 5.26 Å². The fraction of sp³-hybridized carbons (Fsp3) is 0.0588. The quantitative estimate of drug-likeness (QED) is 0.483. The van der Waals surface area contributed by atoms with Crippen LogP contribution in [0.2, 0.25) is 10.0 Å². The minimum absolute atomic E-state index is 0.0755. The zero-order chi connectivity index (χ0) is 17.7. The molecular weight excluding hydrogens is 351 g/mol. The van der Waals surface area contributed by atoms with Crippen molar-refractivity contribution >= 4 is 40.9 Å². The van der Waals surface area contributed by atoms with Crippen LogP contribution in [0.4, 0.5) is 5.69 Å². The molecular formula is C17H12Cl2N2O3. The van der Waals surface area contributed by atoms with Crippen molar-refractivity contribution in [3.8, 4) is 17.6 Å². The molecule has 0 heterocycles. The van der Waals surface area contributed by atoms with Gasteiger partial charge in [0.15, 0.2) is 5.75 Å². The van der Waals surface area contributed by atoms with Crippen molar-refractivity contribution in [1.82, 2.24) is 0 Å². The van der Waals surface area contributed by atoms with Gasteiger partial charge in [0.05, 0.1) is 17.2 Å². The number of nitrogens with zero attached hydrogens (tertiary/aromatic N) is 1. The fourth-order valence-electron chi connectivity index (χ4n) is 1.92. The lowest BCUT2D eigenvalue weighted by atomic mass is 10.1. The normalized spacial score (nSPS) is 10.8. The van der Waals surface area contributed by atoms with E-state index in [9.17, 15) is 15.2 Å². The summed E-state index contributed by atoms with van der Waals surface area (Å²) in [6.07, 6.45) is 1.37. The predicted molar refractivity (Wildman–Crippen MR) is 93.3 cm³/mol. The van der Waals surface area contributed by atoms with E-state index in [0.717, 1.165) is 0 Å². The Morgan fingerprint density at radius 1 is 1.25 bits per heavy atom. The Kier molecular flexibility index (Phi) is 5.69. The van der Waals surface area contributed by atoms with Crippen LogP contribution in [0, 0.1) is 11.3 Å². The molecule has 0 aliphatic heterocycles. The Hall–Kier alpha value is -2.68.